The number of ether oxygens (including phenoxy) is 1. The maximum Gasteiger partial charge on any atom is 0.140 e. The maximum atomic E-state index is 12.5. The molecular formula is C29H32N8O2. The Kier molecular flexibility index (Phi) is 6.95. The lowest BCUT2D eigenvalue weighted by molar-refractivity contribution is -0.868. The molecule has 1 aliphatic heterocycles. The van der Waals surface area contributed by atoms with Crippen molar-refractivity contribution in [2.75, 3.05) is 31.6 Å². The number of nitrogens with one attached hydrogen (secondary N) is 1. The number of benzene rings is 1. The Morgan fingerprint density at radius 3 is 2.64 bits per heavy atom. The summed E-state index contributed by atoms with van der Waals surface area (Å²) in [6.45, 7) is 3.27. The van der Waals surface area contributed by atoms with Gasteiger partial charge in [-0.3, -0.25) is 9.08 Å². The van der Waals surface area contributed by atoms with Crippen LogP contribution in [0.2, 0.25) is 0 Å². The van der Waals surface area contributed by atoms with E-state index in [0.29, 0.717) is 19.7 Å². The number of hydrogen-bond acceptors (Lipinski definition) is 7. The number of hydrogen-bond donors (Lipinski definition) is 1. The van der Waals surface area contributed by atoms with Crippen LogP contribution in [0.1, 0.15) is 24.8 Å². The molecule has 10 nitrogen and oxygen atoms in total. The first kappa shape index (κ1) is 25.0. The molecule has 0 radical (unpaired) electrons. The highest BCUT2D eigenvalue weighted by Crippen LogP contribution is 2.24. The third-order valence-electron chi connectivity index (χ3n) is 7.24. The van der Waals surface area contributed by atoms with Crippen molar-refractivity contribution in [3.63, 3.8) is 0 Å². The Labute approximate surface area is 227 Å². The van der Waals surface area contributed by atoms with Crippen molar-refractivity contribution in [3.8, 4) is 28.3 Å². The van der Waals surface area contributed by atoms with Crippen molar-refractivity contribution >= 4 is 11.5 Å². The molecule has 6 rings (SSSR count). The number of rotatable bonds is 10. The number of aryl methyl sites for hydroxylation is 1. The van der Waals surface area contributed by atoms with Gasteiger partial charge in [0.1, 0.15) is 23.5 Å². The molecule has 5 heterocycles. The van der Waals surface area contributed by atoms with Crippen LogP contribution in [-0.2, 0) is 13.6 Å². The summed E-state index contributed by atoms with van der Waals surface area (Å²) >= 11 is 0. The summed E-state index contributed by atoms with van der Waals surface area (Å²) in [5, 5.41) is 20.1. The monoisotopic (exact) mass is 524 g/mol. The molecular weight excluding hydrogens is 492 g/mol. The molecule has 0 spiro atoms. The van der Waals surface area contributed by atoms with Gasteiger partial charge in [-0.25, -0.2) is 15.0 Å². The van der Waals surface area contributed by atoms with Gasteiger partial charge in [-0.1, -0.05) is 24.3 Å². The SMILES string of the molecule is Cn1cc(-c2ccc(CNc3cc(-c4cnc5cc(OCCC[N+]6([O-])CCCC6)ccn45)ncn3)cc2)cn1. The zero-order chi connectivity index (χ0) is 26.7. The minimum Gasteiger partial charge on any atom is -0.633 e. The van der Waals surface area contributed by atoms with E-state index in [1.165, 1.54) is 0 Å². The number of likely N-dealkylation sites (tertiary alicyclic amines) is 1. The molecule has 200 valence electrons. The molecule has 0 bridgehead atoms. The lowest BCUT2D eigenvalue weighted by atomic mass is 10.1. The molecule has 5 aromatic rings. The van der Waals surface area contributed by atoms with E-state index in [2.05, 4.69) is 49.6 Å². The molecule has 39 heavy (non-hydrogen) atoms. The summed E-state index contributed by atoms with van der Waals surface area (Å²) in [6.07, 6.45) is 12.0. The first-order chi connectivity index (χ1) is 19.0. The number of imidazole rings is 1. The Hall–Kier alpha value is -4.28. The molecule has 1 saturated heterocycles. The average Bonchev–Trinajstić information content (AvgIpc) is 3.70. The van der Waals surface area contributed by atoms with Crippen LogP contribution in [0.15, 0.2) is 73.6 Å². The van der Waals surface area contributed by atoms with Gasteiger partial charge in [-0.15, -0.1) is 0 Å². The molecule has 10 heteroatoms. The largest absolute Gasteiger partial charge is 0.633 e. The predicted molar refractivity (Wildman–Crippen MR) is 150 cm³/mol. The molecule has 1 aromatic carbocycles. The number of pyridine rings is 1. The summed E-state index contributed by atoms with van der Waals surface area (Å²) in [4.78, 5) is 13.4. The van der Waals surface area contributed by atoms with Gasteiger partial charge in [-0.2, -0.15) is 5.10 Å². The van der Waals surface area contributed by atoms with E-state index >= 15 is 0 Å². The van der Waals surface area contributed by atoms with Crippen LogP contribution in [0.3, 0.4) is 0 Å². The van der Waals surface area contributed by atoms with Gasteiger partial charge in [0.25, 0.3) is 0 Å². The van der Waals surface area contributed by atoms with E-state index in [1.54, 1.807) is 17.2 Å². The molecule has 0 unspecified atom stereocenters. The van der Waals surface area contributed by atoms with Gasteiger partial charge >= 0.3 is 0 Å². The zero-order valence-electron chi connectivity index (χ0n) is 22.0. The van der Waals surface area contributed by atoms with E-state index < -0.39 is 0 Å². The Bertz CT molecular complexity index is 1550. The molecule has 0 atom stereocenters. The topological polar surface area (TPSA) is 105 Å². The van der Waals surface area contributed by atoms with Crippen LogP contribution in [0, 0.1) is 5.21 Å². The van der Waals surface area contributed by atoms with Crippen LogP contribution >= 0.6 is 0 Å². The Balaban J connectivity index is 1.07. The van der Waals surface area contributed by atoms with Crippen LogP contribution in [0.25, 0.3) is 28.2 Å². The van der Waals surface area contributed by atoms with Crippen LogP contribution in [0.5, 0.6) is 5.75 Å². The summed E-state index contributed by atoms with van der Waals surface area (Å²) in [5.74, 6) is 1.49. The number of nitrogens with zero attached hydrogens (tertiary/aromatic N) is 7. The van der Waals surface area contributed by atoms with Gasteiger partial charge in [0.15, 0.2) is 0 Å². The van der Waals surface area contributed by atoms with Gasteiger partial charge in [0.05, 0.1) is 50.0 Å². The summed E-state index contributed by atoms with van der Waals surface area (Å²) in [6, 6.07) is 14.2. The van der Waals surface area contributed by atoms with E-state index in [4.69, 9.17) is 4.74 Å². The highest BCUT2D eigenvalue weighted by atomic mass is 16.5. The van der Waals surface area contributed by atoms with Gasteiger partial charge < -0.3 is 19.9 Å². The first-order valence-corrected chi connectivity index (χ1v) is 13.4. The second-order valence-corrected chi connectivity index (χ2v) is 10.1. The molecule has 1 N–H and O–H groups in total. The minimum atomic E-state index is -0.0692. The average molecular weight is 525 g/mol. The Morgan fingerprint density at radius 1 is 1.00 bits per heavy atom. The van der Waals surface area contributed by atoms with E-state index in [-0.39, 0.29) is 4.65 Å². The normalized spacial score (nSPS) is 14.6. The molecule has 0 aliphatic carbocycles. The molecule has 0 saturated carbocycles. The summed E-state index contributed by atoms with van der Waals surface area (Å²) in [7, 11) is 1.92. The number of anilines is 1. The van der Waals surface area contributed by atoms with Crippen LogP contribution in [-0.4, -0.2) is 60.0 Å². The first-order valence-electron chi connectivity index (χ1n) is 13.4. The number of quaternary nitrogens is 1. The lowest BCUT2D eigenvalue weighted by Crippen LogP contribution is -2.40. The fourth-order valence-electron chi connectivity index (χ4n) is 5.09. The van der Waals surface area contributed by atoms with E-state index in [9.17, 15) is 5.21 Å². The zero-order valence-corrected chi connectivity index (χ0v) is 22.0. The molecule has 0 amide bonds. The molecule has 4 aromatic heterocycles. The van der Waals surface area contributed by atoms with Gasteiger partial charge in [-0.05, 0) is 17.2 Å². The smallest absolute Gasteiger partial charge is 0.140 e. The quantitative estimate of drug-likeness (QED) is 0.161. The van der Waals surface area contributed by atoms with Crippen molar-refractivity contribution in [1.82, 2.24) is 29.1 Å². The second-order valence-electron chi connectivity index (χ2n) is 10.1. The highest BCUT2D eigenvalue weighted by Gasteiger charge is 2.22. The third kappa shape index (κ3) is 5.76. The maximum absolute atomic E-state index is 12.5. The fourth-order valence-corrected chi connectivity index (χ4v) is 5.09. The van der Waals surface area contributed by atoms with E-state index in [0.717, 1.165) is 77.6 Å². The number of fused-ring (bicyclic) bond motifs is 1. The van der Waals surface area contributed by atoms with Crippen molar-refractivity contribution in [2.45, 2.75) is 25.8 Å². The van der Waals surface area contributed by atoms with Gasteiger partial charge in [0.2, 0.25) is 0 Å². The minimum absolute atomic E-state index is 0.0692. The molecule has 1 fully saturated rings. The van der Waals surface area contributed by atoms with Crippen molar-refractivity contribution < 1.29 is 9.38 Å². The van der Waals surface area contributed by atoms with E-state index in [1.807, 2.05) is 48.2 Å². The number of hydroxylamine groups is 3. The highest BCUT2D eigenvalue weighted by molar-refractivity contribution is 5.64. The van der Waals surface area contributed by atoms with Crippen molar-refractivity contribution in [2.24, 2.45) is 7.05 Å². The van der Waals surface area contributed by atoms with Gasteiger partial charge in [0, 0.05) is 62.9 Å². The predicted octanol–water partition coefficient (Wildman–Crippen LogP) is 4.68. The lowest BCUT2D eigenvalue weighted by Gasteiger charge is -2.38. The summed E-state index contributed by atoms with van der Waals surface area (Å²) < 4.78 is 9.64. The standard InChI is InChI=1S/C29H32N8O2/c1-35-20-24(18-34-35)23-7-5-22(6-8-23)17-30-28-16-26(32-21-33-28)27-19-31-29-15-25(9-10-36(27)29)39-14-4-13-37(38)11-2-3-12-37/h5-10,15-16,18-21H,2-4,11-14,17H2,1H3,(H,30,32,33). The second kappa shape index (κ2) is 10.8. The Morgan fingerprint density at radius 2 is 1.85 bits per heavy atom. The number of aromatic nitrogens is 6. The van der Waals surface area contributed by atoms with Crippen LogP contribution in [0.4, 0.5) is 5.82 Å². The van der Waals surface area contributed by atoms with Crippen molar-refractivity contribution in [1.29, 1.82) is 0 Å². The fraction of sp³-hybridized carbons (Fsp3) is 0.310. The van der Waals surface area contributed by atoms with Crippen molar-refractivity contribution in [3.05, 3.63) is 84.3 Å². The molecule has 1 aliphatic rings. The van der Waals surface area contributed by atoms with Crippen LogP contribution < -0.4 is 10.1 Å². The summed E-state index contributed by atoms with van der Waals surface area (Å²) in [5.41, 5.74) is 5.80. The third-order valence-corrected chi connectivity index (χ3v) is 7.24.